The fourth-order valence-corrected chi connectivity index (χ4v) is 4.41. The molecule has 0 bridgehead atoms. The van der Waals surface area contributed by atoms with Gasteiger partial charge in [0, 0.05) is 29.9 Å². The van der Waals surface area contributed by atoms with Crippen molar-refractivity contribution in [3.05, 3.63) is 57.8 Å². The molecule has 0 spiro atoms. The number of nitrogens with two attached hydrogens (primary N) is 1. The van der Waals surface area contributed by atoms with Gasteiger partial charge in [-0.05, 0) is 36.2 Å². The summed E-state index contributed by atoms with van der Waals surface area (Å²) in [4.78, 5) is 2.28. The maximum Gasteiger partial charge on any atom is 0.191 e. The van der Waals surface area contributed by atoms with Crippen molar-refractivity contribution in [2.45, 2.75) is 19.3 Å². The number of benzene rings is 1. The zero-order chi connectivity index (χ0) is 19.6. The second-order valence-electron chi connectivity index (χ2n) is 6.99. The number of hydrogen-bond donors (Lipinski definition) is 1. The Morgan fingerprint density at radius 3 is 2.44 bits per heavy atom. The van der Waals surface area contributed by atoms with Crippen LogP contribution in [-0.4, -0.2) is 24.5 Å². The topological polar surface area (TPSA) is 101 Å². The molecule has 1 aromatic rings. The van der Waals surface area contributed by atoms with Crippen LogP contribution in [0.15, 0.2) is 47.2 Å². The number of fused-ring (bicyclic) bond motifs is 1. The fourth-order valence-electron chi connectivity index (χ4n) is 4.28. The third kappa shape index (κ3) is 2.98. The molecule has 1 aliphatic carbocycles. The van der Waals surface area contributed by atoms with Gasteiger partial charge in [-0.25, -0.2) is 0 Å². The molecule has 0 saturated carbocycles. The lowest BCUT2D eigenvalue weighted by Gasteiger charge is -2.45. The zero-order valence-corrected chi connectivity index (χ0v) is 15.9. The quantitative estimate of drug-likeness (QED) is 0.868. The molecule has 136 valence electrons. The molecule has 0 radical (unpaired) electrons. The summed E-state index contributed by atoms with van der Waals surface area (Å²) < 4.78 is 0. The Morgan fingerprint density at radius 2 is 1.89 bits per heavy atom. The monoisotopic (exact) mass is 377 g/mol. The molecule has 27 heavy (non-hydrogen) atoms. The smallest absolute Gasteiger partial charge is 0.191 e. The van der Waals surface area contributed by atoms with Crippen molar-refractivity contribution >= 4 is 11.6 Å². The Balaban J connectivity index is 2.25. The molecule has 2 atom stereocenters. The van der Waals surface area contributed by atoms with Crippen LogP contribution < -0.4 is 5.73 Å². The Morgan fingerprint density at radius 1 is 1.22 bits per heavy atom. The van der Waals surface area contributed by atoms with Crippen LogP contribution in [0.4, 0.5) is 0 Å². The van der Waals surface area contributed by atoms with E-state index in [0.717, 1.165) is 30.6 Å². The van der Waals surface area contributed by atoms with Crippen LogP contribution in [0.25, 0.3) is 0 Å². The van der Waals surface area contributed by atoms with Crippen LogP contribution >= 0.6 is 11.6 Å². The Hall–Kier alpha value is -2.78. The Bertz CT molecular complexity index is 909. The van der Waals surface area contributed by atoms with Crippen LogP contribution in [0.5, 0.6) is 0 Å². The minimum absolute atomic E-state index is 0.0568. The number of nitriles is 3. The summed E-state index contributed by atoms with van der Waals surface area (Å²) in [7, 11) is 0. The molecule has 1 heterocycles. The average Bonchev–Trinajstić information content (AvgIpc) is 2.68. The summed E-state index contributed by atoms with van der Waals surface area (Å²) in [5.41, 5.74) is 6.71. The standard InChI is InChI=1S/C21H20ClN5/c1-2-8-27-9-7-16-17(10-23)20(26)21(12-24,13-25)19(18(16)11-27)14-3-5-15(22)6-4-14/h3-7,18-19H,2,8-9,11,26H2,1H3/t18-,19-/m0/s1. The Kier molecular flexibility index (Phi) is 5.24. The van der Waals surface area contributed by atoms with E-state index >= 15 is 0 Å². The molecular formula is C21H20ClN5. The van der Waals surface area contributed by atoms with Crippen molar-refractivity contribution in [3.63, 3.8) is 0 Å². The third-order valence-electron chi connectivity index (χ3n) is 5.51. The molecular weight excluding hydrogens is 358 g/mol. The van der Waals surface area contributed by atoms with Gasteiger partial charge in [-0.15, -0.1) is 0 Å². The molecule has 3 rings (SSSR count). The van der Waals surface area contributed by atoms with E-state index in [0.29, 0.717) is 11.6 Å². The minimum atomic E-state index is -1.59. The van der Waals surface area contributed by atoms with Crippen molar-refractivity contribution in [1.29, 1.82) is 15.8 Å². The van der Waals surface area contributed by atoms with Gasteiger partial charge in [-0.3, -0.25) is 4.90 Å². The lowest BCUT2D eigenvalue weighted by Crippen LogP contribution is -2.48. The highest BCUT2D eigenvalue weighted by Gasteiger charge is 2.54. The molecule has 0 fully saturated rings. The number of nitrogens with zero attached hydrogens (tertiary/aromatic N) is 4. The predicted octanol–water partition coefficient (Wildman–Crippen LogP) is 3.48. The highest BCUT2D eigenvalue weighted by atomic mass is 35.5. The van der Waals surface area contributed by atoms with Gasteiger partial charge in [0.05, 0.1) is 23.4 Å². The molecule has 2 aliphatic rings. The summed E-state index contributed by atoms with van der Waals surface area (Å²) in [6.45, 7) is 4.44. The predicted molar refractivity (Wildman–Crippen MR) is 103 cm³/mol. The summed E-state index contributed by atoms with van der Waals surface area (Å²) in [5.74, 6) is -0.625. The van der Waals surface area contributed by atoms with E-state index in [2.05, 4.69) is 30.0 Å². The maximum absolute atomic E-state index is 10.0. The molecule has 2 N–H and O–H groups in total. The number of hydrogen-bond acceptors (Lipinski definition) is 5. The van der Waals surface area contributed by atoms with E-state index in [9.17, 15) is 15.8 Å². The van der Waals surface area contributed by atoms with E-state index in [1.165, 1.54) is 0 Å². The summed E-state index contributed by atoms with van der Waals surface area (Å²) in [5, 5.41) is 30.3. The van der Waals surface area contributed by atoms with Gasteiger partial charge in [-0.1, -0.05) is 36.7 Å². The van der Waals surface area contributed by atoms with Gasteiger partial charge in [0.25, 0.3) is 0 Å². The first-order chi connectivity index (χ1) is 13.0. The van der Waals surface area contributed by atoms with Crippen molar-refractivity contribution < 1.29 is 0 Å². The second-order valence-corrected chi connectivity index (χ2v) is 7.42. The van der Waals surface area contributed by atoms with Gasteiger partial charge in [0.15, 0.2) is 5.41 Å². The zero-order valence-electron chi connectivity index (χ0n) is 15.1. The molecule has 0 aromatic heterocycles. The number of allylic oxidation sites excluding steroid dienone is 2. The molecule has 1 aromatic carbocycles. The summed E-state index contributed by atoms with van der Waals surface area (Å²) in [6.07, 6.45) is 3.03. The van der Waals surface area contributed by atoms with Crippen molar-refractivity contribution in [1.82, 2.24) is 4.90 Å². The van der Waals surface area contributed by atoms with Crippen molar-refractivity contribution in [3.8, 4) is 18.2 Å². The minimum Gasteiger partial charge on any atom is -0.399 e. The molecule has 0 saturated heterocycles. The maximum atomic E-state index is 10.0. The number of halogens is 1. The second kappa shape index (κ2) is 7.45. The van der Waals surface area contributed by atoms with Gasteiger partial charge in [-0.2, -0.15) is 15.8 Å². The first kappa shape index (κ1) is 19.0. The van der Waals surface area contributed by atoms with E-state index in [4.69, 9.17) is 17.3 Å². The van der Waals surface area contributed by atoms with Gasteiger partial charge < -0.3 is 5.73 Å². The van der Waals surface area contributed by atoms with E-state index in [-0.39, 0.29) is 17.2 Å². The SMILES string of the molecule is CCCN1CC=C2C(C#N)=C(N)C(C#N)(C#N)[C@@H](c3ccc(Cl)cc3)[C@H]2C1. The van der Waals surface area contributed by atoms with Crippen molar-refractivity contribution in [2.24, 2.45) is 17.1 Å². The third-order valence-corrected chi connectivity index (χ3v) is 5.76. The molecule has 1 aliphatic heterocycles. The lowest BCUT2D eigenvalue weighted by atomic mass is 9.58. The van der Waals surface area contributed by atoms with E-state index in [1.54, 1.807) is 12.1 Å². The summed E-state index contributed by atoms with van der Waals surface area (Å²) >= 11 is 6.04. The Labute approximate surface area is 164 Å². The highest BCUT2D eigenvalue weighted by Crippen LogP contribution is 2.54. The van der Waals surface area contributed by atoms with Gasteiger partial charge in [0.1, 0.15) is 6.07 Å². The van der Waals surface area contributed by atoms with E-state index < -0.39 is 11.3 Å². The van der Waals surface area contributed by atoms with Crippen LogP contribution in [0.1, 0.15) is 24.8 Å². The van der Waals surface area contributed by atoms with Crippen molar-refractivity contribution in [2.75, 3.05) is 19.6 Å². The first-order valence-electron chi connectivity index (χ1n) is 8.93. The largest absolute Gasteiger partial charge is 0.399 e. The molecule has 0 unspecified atom stereocenters. The van der Waals surface area contributed by atoms with Gasteiger partial charge in [0.2, 0.25) is 0 Å². The van der Waals surface area contributed by atoms with Crippen LogP contribution in [-0.2, 0) is 0 Å². The van der Waals surface area contributed by atoms with E-state index in [1.807, 2.05) is 18.2 Å². The molecule has 5 nitrogen and oxygen atoms in total. The normalized spacial score (nSPS) is 24.2. The fraction of sp³-hybridized carbons (Fsp3) is 0.381. The highest BCUT2D eigenvalue weighted by molar-refractivity contribution is 6.30. The lowest BCUT2D eigenvalue weighted by molar-refractivity contribution is 0.207. The average molecular weight is 378 g/mol. The molecule has 6 heteroatoms. The number of rotatable bonds is 3. The van der Waals surface area contributed by atoms with Crippen LogP contribution in [0.3, 0.4) is 0 Å². The van der Waals surface area contributed by atoms with Gasteiger partial charge >= 0.3 is 0 Å². The first-order valence-corrected chi connectivity index (χ1v) is 9.31. The molecule has 0 amide bonds. The van der Waals surface area contributed by atoms with Crippen LogP contribution in [0, 0.1) is 45.3 Å². The summed E-state index contributed by atoms with van der Waals surface area (Å²) in [6, 6.07) is 13.7. The van der Waals surface area contributed by atoms with Crippen LogP contribution in [0.2, 0.25) is 5.02 Å².